The van der Waals surface area contributed by atoms with Crippen molar-refractivity contribution in [3.05, 3.63) is 42.0 Å². The number of methoxy groups -OCH3 is 1. The monoisotopic (exact) mass is 442 g/mol. The van der Waals surface area contributed by atoms with Gasteiger partial charge in [-0.05, 0) is 31.0 Å². The Morgan fingerprint density at radius 3 is 2.75 bits per heavy atom. The van der Waals surface area contributed by atoms with Crippen LogP contribution in [0.3, 0.4) is 0 Å². The van der Waals surface area contributed by atoms with Gasteiger partial charge in [-0.25, -0.2) is 14.4 Å². The number of hydrogen-bond donors (Lipinski definition) is 2. The molecule has 0 bridgehead atoms. The number of rotatable bonds is 8. The lowest BCUT2D eigenvalue weighted by atomic mass is 10.1. The molecular weight excluding hydrogens is 415 g/mol. The van der Waals surface area contributed by atoms with Crippen LogP contribution >= 0.6 is 0 Å². The predicted molar refractivity (Wildman–Crippen MR) is 120 cm³/mol. The van der Waals surface area contributed by atoms with E-state index in [1.54, 1.807) is 26.2 Å². The topological polar surface area (TPSA) is 89.0 Å². The first-order valence-electron chi connectivity index (χ1n) is 10.6. The van der Waals surface area contributed by atoms with E-state index in [1.165, 1.54) is 18.5 Å². The minimum atomic E-state index is -0.487. The molecule has 1 aromatic heterocycles. The van der Waals surface area contributed by atoms with E-state index in [4.69, 9.17) is 14.2 Å². The number of aromatic hydroxyl groups is 1. The number of fused-ring (bicyclic) bond motifs is 1. The third-order valence-corrected chi connectivity index (χ3v) is 5.44. The number of ether oxygens (including phenoxy) is 3. The number of phenols is 1. The van der Waals surface area contributed by atoms with Gasteiger partial charge in [0.2, 0.25) is 0 Å². The van der Waals surface area contributed by atoms with E-state index >= 15 is 0 Å². The molecule has 1 fully saturated rings. The van der Waals surface area contributed by atoms with Crippen molar-refractivity contribution in [1.29, 1.82) is 0 Å². The Kier molecular flexibility index (Phi) is 6.87. The summed E-state index contributed by atoms with van der Waals surface area (Å²) in [4.78, 5) is 10.9. The highest BCUT2D eigenvalue weighted by atomic mass is 19.1. The fourth-order valence-corrected chi connectivity index (χ4v) is 3.62. The normalized spacial score (nSPS) is 14.5. The number of halogens is 1. The van der Waals surface area contributed by atoms with Crippen LogP contribution in [0.4, 0.5) is 15.9 Å². The smallest absolute Gasteiger partial charge is 0.163 e. The molecule has 0 unspecified atom stereocenters. The van der Waals surface area contributed by atoms with Crippen molar-refractivity contribution in [3.8, 4) is 17.2 Å². The fraction of sp³-hybridized carbons (Fsp3) is 0.391. The van der Waals surface area contributed by atoms with Gasteiger partial charge in [-0.2, -0.15) is 0 Å². The van der Waals surface area contributed by atoms with Crippen molar-refractivity contribution in [2.45, 2.75) is 13.3 Å². The first-order valence-corrected chi connectivity index (χ1v) is 10.6. The molecule has 0 amide bonds. The molecule has 1 aliphatic heterocycles. The molecule has 2 N–H and O–H groups in total. The van der Waals surface area contributed by atoms with Crippen LogP contribution in [-0.4, -0.2) is 66.5 Å². The summed E-state index contributed by atoms with van der Waals surface area (Å²) >= 11 is 0. The zero-order valence-electron chi connectivity index (χ0n) is 18.2. The maximum Gasteiger partial charge on any atom is 0.163 e. The van der Waals surface area contributed by atoms with Gasteiger partial charge in [-0.15, -0.1) is 0 Å². The molecule has 0 saturated carbocycles. The van der Waals surface area contributed by atoms with Crippen LogP contribution in [0.25, 0.3) is 10.9 Å². The van der Waals surface area contributed by atoms with Crippen molar-refractivity contribution in [2.75, 3.05) is 51.9 Å². The minimum Gasteiger partial charge on any atom is -0.508 e. The standard InChI is InChI=1S/C23H27FN4O4/c1-15-10-17(24)19(12-20(15)29)27-23-16-11-21(30-2)22(13-18(16)25-14-26-23)32-7-3-4-28-5-8-31-9-6-28/h10-14,29H,3-9H2,1-2H3,(H,25,26,27). The number of nitrogens with zero attached hydrogens (tertiary/aromatic N) is 3. The Hall–Kier alpha value is -3.17. The van der Waals surface area contributed by atoms with Gasteiger partial charge in [0.05, 0.1) is 38.1 Å². The van der Waals surface area contributed by atoms with Gasteiger partial charge in [-0.3, -0.25) is 4.90 Å². The number of benzene rings is 2. The highest BCUT2D eigenvalue weighted by Crippen LogP contribution is 2.35. The Labute approximate surface area is 185 Å². The molecule has 9 heteroatoms. The number of phenolic OH excluding ortho intramolecular Hbond substituents is 1. The third kappa shape index (κ3) is 5.00. The van der Waals surface area contributed by atoms with Gasteiger partial charge in [0, 0.05) is 37.2 Å². The molecule has 32 heavy (non-hydrogen) atoms. The summed E-state index contributed by atoms with van der Waals surface area (Å²) in [5, 5.41) is 13.5. The van der Waals surface area contributed by atoms with Gasteiger partial charge >= 0.3 is 0 Å². The molecule has 2 heterocycles. The van der Waals surface area contributed by atoms with Crippen LogP contribution < -0.4 is 14.8 Å². The highest BCUT2D eigenvalue weighted by Gasteiger charge is 2.15. The minimum absolute atomic E-state index is 0.00222. The fourth-order valence-electron chi connectivity index (χ4n) is 3.62. The summed E-state index contributed by atoms with van der Waals surface area (Å²) in [5.74, 6) is 1.03. The van der Waals surface area contributed by atoms with Crippen molar-refractivity contribution in [3.63, 3.8) is 0 Å². The number of morpholine rings is 1. The third-order valence-electron chi connectivity index (χ3n) is 5.44. The number of hydrogen-bond acceptors (Lipinski definition) is 8. The molecule has 1 saturated heterocycles. The molecule has 4 rings (SSSR count). The molecule has 0 aliphatic carbocycles. The molecule has 0 atom stereocenters. The Morgan fingerprint density at radius 1 is 1.16 bits per heavy atom. The average molecular weight is 442 g/mol. The first-order chi connectivity index (χ1) is 15.5. The van der Waals surface area contributed by atoms with Crippen molar-refractivity contribution in [1.82, 2.24) is 14.9 Å². The van der Waals surface area contributed by atoms with Crippen LogP contribution in [0.15, 0.2) is 30.6 Å². The zero-order chi connectivity index (χ0) is 22.5. The summed E-state index contributed by atoms with van der Waals surface area (Å²) in [6.45, 7) is 6.59. The molecule has 2 aromatic carbocycles. The second kappa shape index (κ2) is 9.97. The van der Waals surface area contributed by atoms with E-state index < -0.39 is 5.82 Å². The van der Waals surface area contributed by atoms with E-state index in [1.807, 2.05) is 0 Å². The number of aryl methyl sites for hydroxylation is 1. The Morgan fingerprint density at radius 2 is 1.97 bits per heavy atom. The van der Waals surface area contributed by atoms with Gasteiger partial charge < -0.3 is 24.6 Å². The van der Waals surface area contributed by atoms with Crippen LogP contribution in [0.5, 0.6) is 17.2 Å². The van der Waals surface area contributed by atoms with Crippen molar-refractivity contribution >= 4 is 22.4 Å². The van der Waals surface area contributed by atoms with E-state index in [2.05, 4.69) is 20.2 Å². The number of anilines is 2. The van der Waals surface area contributed by atoms with E-state index in [0.717, 1.165) is 39.3 Å². The van der Waals surface area contributed by atoms with Crippen LogP contribution in [0.1, 0.15) is 12.0 Å². The number of aromatic nitrogens is 2. The number of nitrogens with one attached hydrogen (secondary N) is 1. The SMILES string of the molecule is COc1cc2c(Nc3cc(O)c(C)cc3F)ncnc2cc1OCCCN1CCOCC1. The summed E-state index contributed by atoms with van der Waals surface area (Å²) in [5.41, 5.74) is 1.21. The summed E-state index contributed by atoms with van der Waals surface area (Å²) in [6, 6.07) is 6.16. The van der Waals surface area contributed by atoms with Gasteiger partial charge in [0.25, 0.3) is 0 Å². The molecule has 0 radical (unpaired) electrons. The second-order valence-electron chi connectivity index (χ2n) is 7.64. The predicted octanol–water partition coefficient (Wildman–Crippen LogP) is 3.64. The lowest BCUT2D eigenvalue weighted by molar-refractivity contribution is 0.0357. The summed E-state index contributed by atoms with van der Waals surface area (Å²) in [7, 11) is 1.57. The highest BCUT2D eigenvalue weighted by molar-refractivity contribution is 5.93. The van der Waals surface area contributed by atoms with E-state index in [-0.39, 0.29) is 11.4 Å². The van der Waals surface area contributed by atoms with E-state index in [0.29, 0.717) is 40.4 Å². The molecule has 8 nitrogen and oxygen atoms in total. The van der Waals surface area contributed by atoms with Gasteiger partial charge in [0.15, 0.2) is 11.5 Å². The Balaban J connectivity index is 1.51. The lowest BCUT2D eigenvalue weighted by Gasteiger charge is -2.26. The molecule has 0 spiro atoms. The summed E-state index contributed by atoms with van der Waals surface area (Å²) < 4.78 is 31.2. The second-order valence-corrected chi connectivity index (χ2v) is 7.64. The molecular formula is C23H27FN4O4. The first kappa shape index (κ1) is 22.0. The van der Waals surface area contributed by atoms with Crippen molar-refractivity contribution < 1.29 is 23.7 Å². The van der Waals surface area contributed by atoms with E-state index in [9.17, 15) is 9.50 Å². The van der Waals surface area contributed by atoms with Crippen LogP contribution in [0.2, 0.25) is 0 Å². The largest absolute Gasteiger partial charge is 0.508 e. The van der Waals surface area contributed by atoms with Crippen molar-refractivity contribution in [2.24, 2.45) is 0 Å². The molecule has 3 aromatic rings. The Bertz CT molecular complexity index is 1090. The zero-order valence-corrected chi connectivity index (χ0v) is 18.2. The molecule has 170 valence electrons. The average Bonchev–Trinajstić information content (AvgIpc) is 2.80. The van der Waals surface area contributed by atoms with Gasteiger partial charge in [-0.1, -0.05) is 0 Å². The van der Waals surface area contributed by atoms with Crippen LogP contribution in [-0.2, 0) is 4.74 Å². The molecule has 1 aliphatic rings. The quantitative estimate of drug-likeness (QED) is 0.511. The summed E-state index contributed by atoms with van der Waals surface area (Å²) in [6.07, 6.45) is 2.28. The maximum atomic E-state index is 14.4. The van der Waals surface area contributed by atoms with Gasteiger partial charge in [0.1, 0.15) is 23.7 Å². The maximum absolute atomic E-state index is 14.4. The lowest BCUT2D eigenvalue weighted by Crippen LogP contribution is -2.37. The van der Waals surface area contributed by atoms with Crippen LogP contribution in [0, 0.1) is 12.7 Å².